The van der Waals surface area contributed by atoms with Gasteiger partial charge in [0.05, 0.1) is 12.2 Å². The molecule has 3 fully saturated rings. The van der Waals surface area contributed by atoms with E-state index in [-0.39, 0.29) is 16.7 Å². The van der Waals surface area contributed by atoms with Crippen molar-refractivity contribution in [1.82, 2.24) is 0 Å². The van der Waals surface area contributed by atoms with Crippen molar-refractivity contribution < 1.29 is 15.0 Å². The maximum Gasteiger partial charge on any atom is 0.133 e. The van der Waals surface area contributed by atoms with Crippen molar-refractivity contribution in [3.8, 4) is 0 Å². The van der Waals surface area contributed by atoms with Gasteiger partial charge in [-0.25, -0.2) is 0 Å². The number of Topliss-reactive ketones (excluding diaryl/α,β-unsaturated/α-hetero) is 1. The minimum atomic E-state index is -0.680. The largest absolute Gasteiger partial charge is 0.390 e. The Morgan fingerprint density at radius 2 is 1.83 bits per heavy atom. The highest BCUT2D eigenvalue weighted by Gasteiger charge is 2.59. The fourth-order valence-corrected chi connectivity index (χ4v) is 6.75. The second-order valence-corrected chi connectivity index (χ2v) is 9.08. The van der Waals surface area contributed by atoms with Gasteiger partial charge >= 0.3 is 0 Å². The Balaban J connectivity index is 1.75. The van der Waals surface area contributed by atoms with Gasteiger partial charge in [-0.1, -0.05) is 37.1 Å². The van der Waals surface area contributed by atoms with Gasteiger partial charge in [-0.2, -0.15) is 0 Å². The summed E-state index contributed by atoms with van der Waals surface area (Å²) >= 11 is 0. The molecule has 0 aromatic heterocycles. The lowest BCUT2D eigenvalue weighted by atomic mass is 9.49. The molecule has 4 aliphatic rings. The lowest BCUT2D eigenvalue weighted by Crippen LogP contribution is -2.54. The standard InChI is InChI=1S/C21H30O3/c1-12(22)15-7-8-16-14-6-4-13-5-9-18(23)19(24)21(13,3)17(14)10-11-20(15,16)2/h4,6,15-19,23-24H,5,7-11H2,1-3H3/t15-,16+,17+,18?,19?,20-,21+/m1/s1. The summed E-state index contributed by atoms with van der Waals surface area (Å²) in [6, 6.07) is 0. The van der Waals surface area contributed by atoms with Crippen molar-refractivity contribution in [3.05, 3.63) is 23.3 Å². The highest BCUT2D eigenvalue weighted by Crippen LogP contribution is 2.64. The molecule has 2 N–H and O–H groups in total. The Morgan fingerprint density at radius 3 is 2.54 bits per heavy atom. The van der Waals surface area contributed by atoms with Gasteiger partial charge in [-0.3, -0.25) is 4.79 Å². The van der Waals surface area contributed by atoms with Gasteiger partial charge in [0, 0.05) is 11.3 Å². The second kappa shape index (κ2) is 5.28. The molecule has 0 aromatic carbocycles. The smallest absolute Gasteiger partial charge is 0.133 e. The van der Waals surface area contributed by atoms with E-state index in [0.717, 1.165) is 32.1 Å². The van der Waals surface area contributed by atoms with Crippen LogP contribution in [0.3, 0.4) is 0 Å². The van der Waals surface area contributed by atoms with Gasteiger partial charge in [-0.15, -0.1) is 0 Å². The Morgan fingerprint density at radius 1 is 1.08 bits per heavy atom. The molecule has 2 unspecified atom stereocenters. The summed E-state index contributed by atoms with van der Waals surface area (Å²) in [5, 5.41) is 21.1. The van der Waals surface area contributed by atoms with Crippen LogP contribution in [0.5, 0.6) is 0 Å². The number of allylic oxidation sites excluding steroid dienone is 3. The first kappa shape index (κ1) is 16.5. The van der Waals surface area contributed by atoms with Gasteiger partial charge in [0.2, 0.25) is 0 Å². The van der Waals surface area contributed by atoms with E-state index in [2.05, 4.69) is 26.0 Å². The molecule has 0 aliphatic heterocycles. The van der Waals surface area contributed by atoms with Crippen LogP contribution >= 0.6 is 0 Å². The number of carbonyl (C=O) groups excluding carboxylic acids is 1. The summed E-state index contributed by atoms with van der Waals surface area (Å²) in [4.78, 5) is 12.1. The van der Waals surface area contributed by atoms with E-state index in [1.165, 1.54) is 11.1 Å². The third kappa shape index (κ3) is 1.94. The van der Waals surface area contributed by atoms with E-state index in [0.29, 0.717) is 24.0 Å². The van der Waals surface area contributed by atoms with Crippen molar-refractivity contribution in [3.63, 3.8) is 0 Å². The van der Waals surface area contributed by atoms with Crippen molar-refractivity contribution in [2.24, 2.45) is 28.6 Å². The molecule has 3 nitrogen and oxygen atoms in total. The van der Waals surface area contributed by atoms with Crippen LogP contribution in [-0.4, -0.2) is 28.2 Å². The number of aliphatic hydroxyl groups excluding tert-OH is 2. The molecule has 4 aliphatic carbocycles. The Kier molecular flexibility index (Phi) is 3.64. The molecule has 3 heteroatoms. The lowest BCUT2D eigenvalue weighted by molar-refractivity contribution is -0.125. The summed E-state index contributed by atoms with van der Waals surface area (Å²) in [6.07, 6.45) is 8.91. The predicted octanol–water partition coefficient (Wildman–Crippen LogP) is 3.41. The Hall–Kier alpha value is -0.930. The van der Waals surface area contributed by atoms with Crippen molar-refractivity contribution >= 4 is 5.78 Å². The molecule has 24 heavy (non-hydrogen) atoms. The zero-order valence-corrected chi connectivity index (χ0v) is 15.1. The van der Waals surface area contributed by atoms with Crippen LogP contribution in [0.1, 0.15) is 59.3 Å². The number of ketones is 1. The molecule has 0 aromatic rings. The molecular weight excluding hydrogens is 300 g/mol. The molecule has 132 valence electrons. The van der Waals surface area contributed by atoms with Crippen LogP contribution in [0.4, 0.5) is 0 Å². The molecular formula is C21H30O3. The van der Waals surface area contributed by atoms with E-state index in [1.54, 1.807) is 6.92 Å². The molecule has 0 amide bonds. The van der Waals surface area contributed by atoms with Gasteiger partial charge in [0.25, 0.3) is 0 Å². The number of rotatable bonds is 1. The SMILES string of the molecule is CC(=O)[C@H]1CC[C@H]2C3=CC=C4CCC(O)C(O)[C@]4(C)[C@H]3CC[C@]12C. The minimum absolute atomic E-state index is 0.0775. The van der Waals surface area contributed by atoms with E-state index < -0.39 is 12.2 Å². The number of aliphatic hydroxyl groups is 2. The van der Waals surface area contributed by atoms with Gasteiger partial charge in [0.1, 0.15) is 5.78 Å². The van der Waals surface area contributed by atoms with Crippen molar-refractivity contribution in [2.45, 2.75) is 71.5 Å². The molecule has 3 saturated carbocycles. The fourth-order valence-electron chi connectivity index (χ4n) is 6.75. The van der Waals surface area contributed by atoms with Crippen molar-refractivity contribution in [1.29, 1.82) is 0 Å². The number of carbonyl (C=O) groups is 1. The Labute approximate surface area is 144 Å². The first-order valence-corrected chi connectivity index (χ1v) is 9.58. The molecule has 7 atom stereocenters. The maximum absolute atomic E-state index is 12.1. The zero-order chi connectivity index (χ0) is 17.3. The molecule has 0 spiro atoms. The molecule has 4 rings (SSSR count). The van der Waals surface area contributed by atoms with E-state index in [1.807, 2.05) is 0 Å². The zero-order valence-electron chi connectivity index (χ0n) is 15.1. The van der Waals surface area contributed by atoms with E-state index in [4.69, 9.17) is 0 Å². The highest BCUT2D eigenvalue weighted by molar-refractivity contribution is 5.79. The monoisotopic (exact) mass is 330 g/mol. The van der Waals surface area contributed by atoms with Crippen LogP contribution in [0.25, 0.3) is 0 Å². The van der Waals surface area contributed by atoms with Crippen LogP contribution in [0, 0.1) is 28.6 Å². The average Bonchev–Trinajstić information content (AvgIpc) is 2.89. The number of fused-ring (bicyclic) bond motifs is 5. The summed E-state index contributed by atoms with van der Waals surface area (Å²) in [5.74, 6) is 1.28. The quantitative estimate of drug-likeness (QED) is 0.775. The van der Waals surface area contributed by atoms with E-state index in [9.17, 15) is 15.0 Å². The summed E-state index contributed by atoms with van der Waals surface area (Å²) < 4.78 is 0. The van der Waals surface area contributed by atoms with Crippen molar-refractivity contribution in [2.75, 3.05) is 0 Å². The number of hydrogen-bond acceptors (Lipinski definition) is 3. The normalized spacial score (nSPS) is 50.3. The molecule has 0 heterocycles. The van der Waals surface area contributed by atoms with Gasteiger partial charge in [-0.05, 0) is 62.7 Å². The summed E-state index contributed by atoms with van der Waals surface area (Å²) in [5.41, 5.74) is 2.48. The minimum Gasteiger partial charge on any atom is -0.390 e. The van der Waals surface area contributed by atoms with Gasteiger partial charge < -0.3 is 10.2 Å². The lowest BCUT2D eigenvalue weighted by Gasteiger charge is -2.56. The Bertz CT molecular complexity index is 633. The number of hydrogen-bond donors (Lipinski definition) is 2. The van der Waals surface area contributed by atoms with Crippen LogP contribution in [0.15, 0.2) is 23.3 Å². The topological polar surface area (TPSA) is 57.5 Å². The predicted molar refractivity (Wildman–Crippen MR) is 93.2 cm³/mol. The average molecular weight is 330 g/mol. The molecule has 0 saturated heterocycles. The van der Waals surface area contributed by atoms with Crippen LogP contribution in [0.2, 0.25) is 0 Å². The summed E-state index contributed by atoms with van der Waals surface area (Å²) in [6.45, 7) is 6.21. The molecule has 0 radical (unpaired) electrons. The third-order valence-electron chi connectivity index (χ3n) is 8.18. The second-order valence-electron chi connectivity index (χ2n) is 9.08. The van der Waals surface area contributed by atoms with E-state index >= 15 is 0 Å². The fraction of sp³-hybridized carbons (Fsp3) is 0.762. The summed E-state index contributed by atoms with van der Waals surface area (Å²) in [7, 11) is 0. The maximum atomic E-state index is 12.1. The molecule has 0 bridgehead atoms. The highest BCUT2D eigenvalue weighted by atomic mass is 16.3. The third-order valence-corrected chi connectivity index (χ3v) is 8.18. The van der Waals surface area contributed by atoms with Crippen LogP contribution in [-0.2, 0) is 4.79 Å². The first-order valence-electron chi connectivity index (χ1n) is 9.58. The first-order chi connectivity index (χ1) is 11.3. The van der Waals surface area contributed by atoms with Crippen LogP contribution < -0.4 is 0 Å². The van der Waals surface area contributed by atoms with Gasteiger partial charge in [0.15, 0.2) is 0 Å².